The molecule has 2 aliphatic heterocycles. The Morgan fingerprint density at radius 3 is 2.67 bits per heavy atom. The molecule has 15 heavy (non-hydrogen) atoms. The van der Waals surface area contributed by atoms with Crippen LogP contribution >= 0.6 is 0 Å². The zero-order chi connectivity index (χ0) is 10.4. The van der Waals surface area contributed by atoms with Gasteiger partial charge in [0.05, 0.1) is 6.61 Å². The first-order valence-corrected chi connectivity index (χ1v) is 6.19. The van der Waals surface area contributed by atoms with Gasteiger partial charge in [-0.25, -0.2) is 9.78 Å². The summed E-state index contributed by atoms with van der Waals surface area (Å²) in [6, 6.07) is 0. The van der Waals surface area contributed by atoms with Gasteiger partial charge in [0.25, 0.3) is 0 Å². The second-order valence-electron chi connectivity index (χ2n) is 5.71. The number of ether oxygens (including phenoxy) is 1. The summed E-state index contributed by atoms with van der Waals surface area (Å²) >= 11 is 0. The lowest BCUT2D eigenvalue weighted by molar-refractivity contribution is -0.468. The lowest BCUT2D eigenvalue weighted by Crippen LogP contribution is -2.49. The molecule has 0 aromatic rings. The zero-order valence-electron chi connectivity index (χ0n) is 9.46. The average molecular weight is 212 g/mol. The molecule has 0 aromatic heterocycles. The Balaban J connectivity index is 1.78. The van der Waals surface area contributed by atoms with Crippen LogP contribution in [0.25, 0.3) is 0 Å². The third-order valence-electron chi connectivity index (χ3n) is 4.31. The lowest BCUT2D eigenvalue weighted by Gasteiger charge is -2.47. The molecule has 0 radical (unpaired) electrons. The molecule has 1 saturated carbocycles. The molecular formula is C12H20O3. The highest BCUT2D eigenvalue weighted by Crippen LogP contribution is 2.51. The minimum atomic E-state index is -0.120. The predicted molar refractivity (Wildman–Crippen MR) is 55.1 cm³/mol. The summed E-state index contributed by atoms with van der Waals surface area (Å²) in [5.74, 6) is 0. The topological polar surface area (TPSA) is 27.7 Å². The summed E-state index contributed by atoms with van der Waals surface area (Å²) in [6.45, 7) is 3.10. The second-order valence-corrected chi connectivity index (χ2v) is 5.71. The first-order valence-electron chi connectivity index (χ1n) is 6.19. The third kappa shape index (κ3) is 1.61. The smallest absolute Gasteiger partial charge is 0.196 e. The van der Waals surface area contributed by atoms with E-state index < -0.39 is 0 Å². The fourth-order valence-corrected chi connectivity index (χ4v) is 3.40. The molecule has 3 aliphatic rings. The Morgan fingerprint density at radius 2 is 1.87 bits per heavy atom. The van der Waals surface area contributed by atoms with Gasteiger partial charge in [-0.05, 0) is 25.7 Å². The zero-order valence-corrected chi connectivity index (χ0v) is 9.46. The van der Waals surface area contributed by atoms with E-state index in [-0.39, 0.29) is 17.3 Å². The molecule has 1 spiro atoms. The van der Waals surface area contributed by atoms with Gasteiger partial charge in [0.2, 0.25) is 0 Å². The number of hydrogen-bond acceptors (Lipinski definition) is 3. The molecular weight excluding hydrogens is 192 g/mol. The van der Waals surface area contributed by atoms with Crippen LogP contribution in [0, 0.1) is 5.41 Å². The number of fused-ring (bicyclic) bond motifs is 1. The van der Waals surface area contributed by atoms with Gasteiger partial charge in [-0.2, -0.15) is 0 Å². The van der Waals surface area contributed by atoms with Crippen LogP contribution in [-0.2, 0) is 14.5 Å². The third-order valence-corrected chi connectivity index (χ3v) is 4.31. The minimum absolute atomic E-state index is 0.0111. The van der Waals surface area contributed by atoms with Crippen LogP contribution in [0.2, 0.25) is 0 Å². The van der Waals surface area contributed by atoms with E-state index in [9.17, 15) is 0 Å². The van der Waals surface area contributed by atoms with Crippen molar-refractivity contribution in [1.29, 1.82) is 0 Å². The maximum absolute atomic E-state index is 5.66. The van der Waals surface area contributed by atoms with Crippen LogP contribution in [0.4, 0.5) is 0 Å². The minimum Gasteiger partial charge on any atom is -0.349 e. The van der Waals surface area contributed by atoms with E-state index >= 15 is 0 Å². The Labute approximate surface area is 91.0 Å². The SMILES string of the molecule is CC12CCOC1OOC1(CCCCC1)C2. The van der Waals surface area contributed by atoms with Crippen molar-refractivity contribution in [3.05, 3.63) is 0 Å². The molecule has 0 bridgehead atoms. The highest BCUT2D eigenvalue weighted by Gasteiger charge is 2.53. The summed E-state index contributed by atoms with van der Waals surface area (Å²) in [6.07, 6.45) is 8.35. The Hall–Kier alpha value is -0.120. The van der Waals surface area contributed by atoms with Crippen LogP contribution in [0.3, 0.4) is 0 Å². The molecule has 0 amide bonds. The molecule has 3 fully saturated rings. The van der Waals surface area contributed by atoms with Gasteiger partial charge in [-0.1, -0.05) is 26.2 Å². The molecule has 2 heterocycles. The summed E-state index contributed by atoms with van der Waals surface area (Å²) in [5.41, 5.74) is 0.201. The van der Waals surface area contributed by atoms with Gasteiger partial charge in [0, 0.05) is 5.41 Å². The Kier molecular flexibility index (Phi) is 2.31. The molecule has 3 heteroatoms. The van der Waals surface area contributed by atoms with Crippen molar-refractivity contribution < 1.29 is 14.5 Å². The van der Waals surface area contributed by atoms with Gasteiger partial charge in [0.15, 0.2) is 6.29 Å². The largest absolute Gasteiger partial charge is 0.349 e. The van der Waals surface area contributed by atoms with Crippen LogP contribution < -0.4 is 0 Å². The van der Waals surface area contributed by atoms with Crippen molar-refractivity contribution in [2.24, 2.45) is 5.41 Å². The molecule has 0 N–H and O–H groups in total. The van der Waals surface area contributed by atoms with Gasteiger partial charge >= 0.3 is 0 Å². The highest BCUT2D eigenvalue weighted by atomic mass is 17.2. The molecule has 2 saturated heterocycles. The van der Waals surface area contributed by atoms with Gasteiger partial charge in [0.1, 0.15) is 5.60 Å². The van der Waals surface area contributed by atoms with E-state index in [1.807, 2.05) is 0 Å². The normalized spacial score (nSPS) is 44.2. The fourth-order valence-electron chi connectivity index (χ4n) is 3.40. The van der Waals surface area contributed by atoms with Crippen molar-refractivity contribution in [3.63, 3.8) is 0 Å². The number of rotatable bonds is 0. The first kappa shape index (κ1) is 10.1. The predicted octanol–water partition coefficient (Wildman–Crippen LogP) is 2.79. The van der Waals surface area contributed by atoms with Crippen molar-refractivity contribution >= 4 is 0 Å². The summed E-state index contributed by atoms with van der Waals surface area (Å²) < 4.78 is 5.55. The number of hydrogen-bond donors (Lipinski definition) is 0. The first-order chi connectivity index (χ1) is 7.23. The summed E-state index contributed by atoms with van der Waals surface area (Å²) in [5, 5.41) is 0. The van der Waals surface area contributed by atoms with Gasteiger partial charge in [-0.15, -0.1) is 0 Å². The monoisotopic (exact) mass is 212 g/mol. The van der Waals surface area contributed by atoms with E-state index in [4.69, 9.17) is 14.5 Å². The van der Waals surface area contributed by atoms with Gasteiger partial charge < -0.3 is 4.74 Å². The molecule has 3 nitrogen and oxygen atoms in total. The van der Waals surface area contributed by atoms with Crippen LogP contribution in [0.15, 0.2) is 0 Å². The van der Waals surface area contributed by atoms with Crippen molar-refractivity contribution in [2.45, 2.75) is 63.8 Å². The molecule has 3 rings (SSSR count). The molecule has 86 valence electrons. The maximum atomic E-state index is 5.66. The fraction of sp³-hybridized carbons (Fsp3) is 1.00. The quantitative estimate of drug-likeness (QED) is 0.578. The molecule has 2 atom stereocenters. The van der Waals surface area contributed by atoms with E-state index in [2.05, 4.69) is 6.92 Å². The van der Waals surface area contributed by atoms with Crippen molar-refractivity contribution in [2.75, 3.05) is 6.61 Å². The van der Waals surface area contributed by atoms with Crippen molar-refractivity contribution in [3.8, 4) is 0 Å². The van der Waals surface area contributed by atoms with E-state index in [1.165, 1.54) is 19.3 Å². The molecule has 2 unspecified atom stereocenters. The van der Waals surface area contributed by atoms with E-state index in [1.54, 1.807) is 0 Å². The standard InChI is InChI=1S/C12H20O3/c1-11-7-8-13-10(11)14-15-12(9-11)5-3-2-4-6-12/h10H,2-9H2,1H3. The Morgan fingerprint density at radius 1 is 1.07 bits per heavy atom. The lowest BCUT2D eigenvalue weighted by atomic mass is 9.71. The highest BCUT2D eigenvalue weighted by molar-refractivity contribution is 4.96. The molecule has 1 aliphatic carbocycles. The van der Waals surface area contributed by atoms with Crippen LogP contribution in [0.5, 0.6) is 0 Å². The molecule has 0 aromatic carbocycles. The van der Waals surface area contributed by atoms with E-state index in [0.717, 1.165) is 32.3 Å². The summed E-state index contributed by atoms with van der Waals surface area (Å²) in [4.78, 5) is 11.1. The van der Waals surface area contributed by atoms with Crippen molar-refractivity contribution in [1.82, 2.24) is 0 Å². The van der Waals surface area contributed by atoms with Gasteiger partial charge in [-0.3, -0.25) is 0 Å². The van der Waals surface area contributed by atoms with E-state index in [0.29, 0.717) is 0 Å². The Bertz CT molecular complexity index is 247. The average Bonchev–Trinajstić information content (AvgIpc) is 2.59. The maximum Gasteiger partial charge on any atom is 0.196 e. The summed E-state index contributed by atoms with van der Waals surface area (Å²) in [7, 11) is 0. The van der Waals surface area contributed by atoms with Crippen LogP contribution in [-0.4, -0.2) is 18.5 Å². The van der Waals surface area contributed by atoms with Crippen LogP contribution in [0.1, 0.15) is 51.9 Å². The second kappa shape index (κ2) is 3.44.